The number of rotatable bonds is 22. The van der Waals surface area contributed by atoms with E-state index in [1.807, 2.05) is 18.3 Å². The molecule has 2 aromatic rings. The zero-order valence-electron chi connectivity index (χ0n) is 24.6. The van der Waals surface area contributed by atoms with Gasteiger partial charge in [-0.2, -0.15) is 9.83 Å². The molecule has 0 saturated carbocycles. The first-order valence-electron chi connectivity index (χ1n) is 14.1. The summed E-state index contributed by atoms with van der Waals surface area (Å²) in [5, 5.41) is 24.0. The SMILES string of the molecule is N#CNC(=NCCCCCCOc1ccc(Cl)cc1)Nc1cc[n+](COC(=O)OCCOCCOCCOCCO)cc1.[Cl-]. The Labute approximate surface area is 269 Å². The van der Waals surface area contributed by atoms with Crippen LogP contribution in [-0.4, -0.2) is 83.2 Å². The zero-order chi connectivity index (χ0) is 30.8. The molecule has 44 heavy (non-hydrogen) atoms. The van der Waals surface area contributed by atoms with Gasteiger partial charge in [0, 0.05) is 23.7 Å². The van der Waals surface area contributed by atoms with Crippen LogP contribution in [0.2, 0.25) is 5.02 Å². The zero-order valence-corrected chi connectivity index (χ0v) is 26.1. The molecule has 3 N–H and O–H groups in total. The smallest absolute Gasteiger partial charge is 0.513 e. The van der Waals surface area contributed by atoms with Crippen molar-refractivity contribution in [3.63, 3.8) is 0 Å². The number of carbonyl (C=O) groups excluding carboxylic acids is 1. The van der Waals surface area contributed by atoms with E-state index in [-0.39, 0.29) is 45.6 Å². The summed E-state index contributed by atoms with van der Waals surface area (Å²) in [7, 11) is 0. The number of nitrogens with zero attached hydrogens (tertiary/aromatic N) is 3. The molecular weight excluding hydrogens is 617 g/mol. The van der Waals surface area contributed by atoms with E-state index in [1.165, 1.54) is 0 Å². The molecule has 1 aromatic carbocycles. The molecular formula is C29H41Cl2N5O8. The largest absolute Gasteiger partial charge is 1.00 e. The van der Waals surface area contributed by atoms with Gasteiger partial charge in [0.25, 0.3) is 6.73 Å². The lowest BCUT2D eigenvalue weighted by molar-refractivity contribution is -0.727. The van der Waals surface area contributed by atoms with Crippen LogP contribution in [0.4, 0.5) is 10.5 Å². The van der Waals surface area contributed by atoms with Gasteiger partial charge in [-0.25, -0.2) is 4.79 Å². The van der Waals surface area contributed by atoms with Gasteiger partial charge in [-0.3, -0.25) is 10.3 Å². The number of carbonyl (C=O) groups is 1. The highest BCUT2D eigenvalue weighted by Crippen LogP contribution is 2.16. The molecule has 0 bridgehead atoms. The van der Waals surface area contributed by atoms with Crippen molar-refractivity contribution in [1.29, 1.82) is 5.26 Å². The van der Waals surface area contributed by atoms with E-state index in [9.17, 15) is 4.79 Å². The van der Waals surface area contributed by atoms with Gasteiger partial charge in [-0.15, -0.1) is 0 Å². The predicted molar refractivity (Wildman–Crippen MR) is 159 cm³/mol. The number of aliphatic hydroxyl groups excluding tert-OH is 1. The topological polar surface area (TPSA) is 157 Å². The summed E-state index contributed by atoms with van der Waals surface area (Å²) in [6.07, 6.45) is 8.33. The number of ether oxygens (including phenoxy) is 6. The van der Waals surface area contributed by atoms with Gasteiger partial charge in [0.2, 0.25) is 5.96 Å². The lowest BCUT2D eigenvalue weighted by Crippen LogP contribution is -3.00. The van der Waals surface area contributed by atoms with Crippen LogP contribution in [-0.2, 0) is 30.4 Å². The van der Waals surface area contributed by atoms with Crippen LogP contribution in [0.3, 0.4) is 0 Å². The minimum atomic E-state index is -0.808. The van der Waals surface area contributed by atoms with Crippen molar-refractivity contribution in [1.82, 2.24) is 5.32 Å². The van der Waals surface area contributed by atoms with Crippen molar-refractivity contribution in [3.8, 4) is 11.9 Å². The molecule has 0 aliphatic heterocycles. The molecule has 0 amide bonds. The molecule has 0 unspecified atom stereocenters. The number of aliphatic hydroxyl groups is 1. The molecule has 0 aliphatic rings. The number of hydrogen-bond acceptors (Lipinski definition) is 10. The number of halogens is 2. The van der Waals surface area contributed by atoms with Gasteiger partial charge < -0.3 is 51.3 Å². The number of aromatic nitrogens is 1. The van der Waals surface area contributed by atoms with Crippen molar-refractivity contribution in [2.24, 2.45) is 4.99 Å². The third kappa shape index (κ3) is 19.7. The number of benzene rings is 1. The molecule has 0 atom stereocenters. The normalized spacial score (nSPS) is 10.8. The van der Waals surface area contributed by atoms with E-state index >= 15 is 0 Å². The number of aliphatic imine (C=N–C) groups is 1. The third-order valence-electron chi connectivity index (χ3n) is 5.49. The minimum Gasteiger partial charge on any atom is -1.00 e. The van der Waals surface area contributed by atoms with E-state index in [2.05, 4.69) is 15.6 Å². The Bertz CT molecular complexity index is 1090. The average molecular weight is 659 g/mol. The van der Waals surface area contributed by atoms with Crippen molar-refractivity contribution >= 4 is 29.4 Å². The summed E-state index contributed by atoms with van der Waals surface area (Å²) >= 11 is 5.87. The lowest BCUT2D eigenvalue weighted by Gasteiger charge is -2.08. The summed E-state index contributed by atoms with van der Waals surface area (Å²) in [4.78, 5) is 16.2. The highest BCUT2D eigenvalue weighted by Gasteiger charge is 2.09. The summed E-state index contributed by atoms with van der Waals surface area (Å²) < 4.78 is 33.1. The molecule has 0 fully saturated rings. The molecule has 0 radical (unpaired) electrons. The maximum atomic E-state index is 11.8. The first-order valence-corrected chi connectivity index (χ1v) is 14.5. The Kier molecular flexibility index (Phi) is 22.9. The maximum Gasteiger partial charge on any atom is 0.513 e. The van der Waals surface area contributed by atoms with Gasteiger partial charge in [0.1, 0.15) is 12.4 Å². The first kappa shape index (κ1) is 38.6. The molecule has 2 rings (SSSR count). The second kappa shape index (κ2) is 26.1. The lowest BCUT2D eigenvalue weighted by atomic mass is 10.2. The van der Waals surface area contributed by atoms with Crippen molar-refractivity contribution in [2.75, 3.05) is 71.3 Å². The van der Waals surface area contributed by atoms with E-state index < -0.39 is 6.16 Å². The Morgan fingerprint density at radius 1 is 0.864 bits per heavy atom. The number of nitriles is 1. The third-order valence-corrected chi connectivity index (χ3v) is 5.74. The number of guanidine groups is 1. The van der Waals surface area contributed by atoms with Crippen LogP contribution in [0.25, 0.3) is 0 Å². The van der Waals surface area contributed by atoms with Crippen LogP contribution in [0.15, 0.2) is 53.8 Å². The van der Waals surface area contributed by atoms with E-state index in [0.29, 0.717) is 56.2 Å². The number of nitrogens with one attached hydrogen (secondary N) is 2. The first-order chi connectivity index (χ1) is 21.1. The number of unbranched alkanes of at least 4 members (excludes halogenated alkanes) is 3. The molecule has 15 heteroatoms. The Hall–Kier alpha value is -3.38. The van der Waals surface area contributed by atoms with Crippen LogP contribution in [0.5, 0.6) is 5.75 Å². The van der Waals surface area contributed by atoms with Gasteiger partial charge >= 0.3 is 6.16 Å². The van der Waals surface area contributed by atoms with Crippen LogP contribution < -0.4 is 32.3 Å². The van der Waals surface area contributed by atoms with Crippen LogP contribution in [0, 0.1) is 11.5 Å². The quantitative estimate of drug-likeness (QED) is 0.0304. The van der Waals surface area contributed by atoms with E-state index in [1.54, 1.807) is 41.2 Å². The van der Waals surface area contributed by atoms with Gasteiger partial charge in [0.05, 0.1) is 58.5 Å². The Morgan fingerprint density at radius 3 is 2.16 bits per heavy atom. The van der Waals surface area contributed by atoms with Crippen molar-refractivity contribution in [3.05, 3.63) is 53.8 Å². The summed E-state index contributed by atoms with van der Waals surface area (Å²) in [6, 6.07) is 10.8. The molecule has 0 aliphatic carbocycles. The molecule has 0 spiro atoms. The molecule has 1 aromatic heterocycles. The molecule has 0 saturated heterocycles. The van der Waals surface area contributed by atoms with Gasteiger partial charge in [0.15, 0.2) is 18.6 Å². The summed E-state index contributed by atoms with van der Waals surface area (Å²) in [5.41, 5.74) is 0.707. The monoisotopic (exact) mass is 657 g/mol. The van der Waals surface area contributed by atoms with Crippen molar-refractivity contribution < 1.29 is 55.3 Å². The number of hydrogen-bond donors (Lipinski definition) is 3. The minimum absolute atomic E-state index is 0. The summed E-state index contributed by atoms with van der Waals surface area (Å²) in [6.45, 7) is 3.29. The fourth-order valence-corrected chi connectivity index (χ4v) is 3.49. The van der Waals surface area contributed by atoms with Crippen LogP contribution >= 0.6 is 11.6 Å². The predicted octanol–water partition coefficient (Wildman–Crippen LogP) is 0.262. The summed E-state index contributed by atoms with van der Waals surface area (Å²) in [5.74, 6) is 1.16. The van der Waals surface area contributed by atoms with Gasteiger partial charge in [-0.1, -0.05) is 18.0 Å². The van der Waals surface area contributed by atoms with E-state index in [0.717, 1.165) is 31.4 Å². The standard InChI is InChI=1S/C29H40ClN5O8.ClH/c30-25-5-7-27(8-6-25)41-15-4-2-1-3-11-32-28(33-23-31)34-26-9-12-35(13-10-26)24-43-29(37)42-22-21-40-20-19-39-18-17-38-16-14-36;/h5-10,12-13,36H,1-4,11,14-22,24H2,(H,32,33);1H. The fraction of sp³-hybridized carbons (Fsp3) is 0.517. The molecule has 13 nitrogen and oxygen atoms in total. The number of pyridine rings is 1. The molecule has 244 valence electrons. The Balaban J connectivity index is 0.00000968. The highest BCUT2D eigenvalue weighted by atomic mass is 35.5. The van der Waals surface area contributed by atoms with E-state index in [4.69, 9.17) is 50.4 Å². The number of anilines is 1. The second-order valence-corrected chi connectivity index (χ2v) is 9.28. The Morgan fingerprint density at radius 2 is 1.50 bits per heavy atom. The van der Waals surface area contributed by atoms with Gasteiger partial charge in [-0.05, 0) is 43.5 Å². The molecule has 1 heterocycles. The average Bonchev–Trinajstić information content (AvgIpc) is 3.01. The van der Waals surface area contributed by atoms with Crippen molar-refractivity contribution in [2.45, 2.75) is 32.4 Å². The fourth-order valence-electron chi connectivity index (χ4n) is 3.37. The second-order valence-electron chi connectivity index (χ2n) is 8.84. The maximum absolute atomic E-state index is 11.8. The highest BCUT2D eigenvalue weighted by molar-refractivity contribution is 6.30. The van der Waals surface area contributed by atoms with Crippen LogP contribution in [0.1, 0.15) is 25.7 Å².